The Morgan fingerprint density at radius 1 is 1.42 bits per heavy atom. The minimum atomic E-state index is -0.566. The number of nitrogens with two attached hydrogens (primary N) is 1. The van der Waals surface area contributed by atoms with Crippen LogP contribution >= 0.6 is 0 Å². The predicted molar refractivity (Wildman–Crippen MR) is 93.8 cm³/mol. The number of nitriles is 1. The van der Waals surface area contributed by atoms with Crippen molar-refractivity contribution in [1.29, 1.82) is 5.26 Å². The third kappa shape index (κ3) is 3.92. The standard InChI is InChI=1S/C19H33N3O2/c1-13(2)11-22(14(3)10-20)18(24)17(21)19-6-4-5-15(8-19)7-16(9-19)12-23/h13-17,23H,4-9,11-12,21H2,1-3H3/t14-,15?,16?,17+,19?/m0/s1. The molecule has 1 amide bonds. The Balaban J connectivity index is 2.21. The molecule has 5 heteroatoms. The molecule has 2 bridgehead atoms. The summed E-state index contributed by atoms with van der Waals surface area (Å²) in [5, 5.41) is 19.0. The van der Waals surface area contributed by atoms with Gasteiger partial charge >= 0.3 is 0 Å². The molecule has 2 aliphatic carbocycles. The van der Waals surface area contributed by atoms with Crippen LogP contribution in [0.5, 0.6) is 0 Å². The fraction of sp³-hybridized carbons (Fsp3) is 0.895. The van der Waals surface area contributed by atoms with Gasteiger partial charge in [0.1, 0.15) is 6.04 Å². The summed E-state index contributed by atoms with van der Waals surface area (Å²) in [6, 6.07) is 1.17. The average molecular weight is 335 g/mol. The molecule has 136 valence electrons. The summed E-state index contributed by atoms with van der Waals surface area (Å²) in [6.45, 7) is 6.61. The SMILES string of the molecule is CC(C)CN(C(=O)[C@@H](N)C12CCCC(CC(CO)C1)C2)[C@@H](C)C#N. The zero-order chi connectivity index (χ0) is 17.9. The molecular formula is C19H33N3O2. The van der Waals surface area contributed by atoms with Gasteiger partial charge in [-0.2, -0.15) is 5.26 Å². The number of aliphatic hydroxyl groups is 1. The number of hydrogen-bond acceptors (Lipinski definition) is 4. The van der Waals surface area contributed by atoms with Gasteiger partial charge in [0.05, 0.1) is 12.1 Å². The number of nitrogens with zero attached hydrogens (tertiary/aromatic N) is 2. The summed E-state index contributed by atoms with van der Waals surface area (Å²) in [4.78, 5) is 14.8. The smallest absolute Gasteiger partial charge is 0.241 e. The molecule has 3 N–H and O–H groups in total. The minimum absolute atomic E-state index is 0.0861. The Labute approximate surface area is 146 Å². The number of fused-ring (bicyclic) bond motifs is 2. The van der Waals surface area contributed by atoms with Gasteiger partial charge in [-0.3, -0.25) is 4.79 Å². The molecule has 3 unspecified atom stereocenters. The van der Waals surface area contributed by atoms with Gasteiger partial charge in [-0.25, -0.2) is 0 Å². The Hall–Kier alpha value is -1.12. The average Bonchev–Trinajstić information content (AvgIpc) is 2.57. The fourth-order valence-corrected chi connectivity index (χ4v) is 4.93. The number of carbonyl (C=O) groups excluding carboxylic acids is 1. The van der Waals surface area contributed by atoms with Gasteiger partial charge < -0.3 is 15.7 Å². The number of carbonyl (C=O) groups is 1. The maximum atomic E-state index is 13.2. The number of hydrogen-bond donors (Lipinski definition) is 2. The third-order valence-corrected chi connectivity index (χ3v) is 6.03. The molecule has 0 aliphatic heterocycles. The lowest BCUT2D eigenvalue weighted by molar-refractivity contribution is -0.140. The highest BCUT2D eigenvalue weighted by atomic mass is 16.3. The van der Waals surface area contributed by atoms with E-state index in [1.165, 1.54) is 6.42 Å². The van der Waals surface area contributed by atoms with Crippen LogP contribution in [0.15, 0.2) is 0 Å². The Morgan fingerprint density at radius 3 is 2.71 bits per heavy atom. The minimum Gasteiger partial charge on any atom is -0.396 e. The van der Waals surface area contributed by atoms with Crippen molar-refractivity contribution < 1.29 is 9.90 Å². The molecule has 2 rings (SSSR count). The van der Waals surface area contributed by atoms with E-state index in [1.54, 1.807) is 11.8 Å². The third-order valence-electron chi connectivity index (χ3n) is 6.03. The summed E-state index contributed by atoms with van der Waals surface area (Å²) in [7, 11) is 0. The van der Waals surface area contributed by atoms with Crippen molar-refractivity contribution in [2.75, 3.05) is 13.2 Å². The predicted octanol–water partition coefficient (Wildman–Crippen LogP) is 2.29. The van der Waals surface area contributed by atoms with Gasteiger partial charge in [0.15, 0.2) is 0 Å². The topological polar surface area (TPSA) is 90.3 Å². The first-order valence-electron chi connectivity index (χ1n) is 9.39. The molecule has 0 spiro atoms. The van der Waals surface area contributed by atoms with E-state index in [0.717, 1.165) is 32.1 Å². The van der Waals surface area contributed by atoms with Crippen LogP contribution in [-0.2, 0) is 4.79 Å². The van der Waals surface area contributed by atoms with Crippen LogP contribution in [-0.4, -0.2) is 41.1 Å². The highest BCUT2D eigenvalue weighted by Crippen LogP contribution is 2.52. The van der Waals surface area contributed by atoms with E-state index in [-0.39, 0.29) is 23.8 Å². The second-order valence-corrected chi connectivity index (χ2v) is 8.48. The van der Waals surface area contributed by atoms with Gasteiger partial charge in [-0.05, 0) is 55.8 Å². The monoisotopic (exact) mass is 335 g/mol. The molecule has 0 aromatic heterocycles. The first-order valence-corrected chi connectivity index (χ1v) is 9.39. The highest BCUT2D eigenvalue weighted by Gasteiger charge is 2.49. The van der Waals surface area contributed by atoms with E-state index in [0.29, 0.717) is 18.4 Å². The van der Waals surface area contributed by atoms with Crippen LogP contribution in [0.25, 0.3) is 0 Å². The lowest BCUT2D eigenvalue weighted by Gasteiger charge is -2.51. The Morgan fingerprint density at radius 2 is 2.12 bits per heavy atom. The van der Waals surface area contributed by atoms with E-state index in [2.05, 4.69) is 6.07 Å². The van der Waals surface area contributed by atoms with Crippen LogP contribution in [0.3, 0.4) is 0 Å². The second-order valence-electron chi connectivity index (χ2n) is 8.48. The van der Waals surface area contributed by atoms with Gasteiger partial charge in [0, 0.05) is 13.2 Å². The molecule has 5 nitrogen and oxygen atoms in total. The summed E-state index contributed by atoms with van der Waals surface area (Å²) in [6.07, 6.45) is 6.15. The summed E-state index contributed by atoms with van der Waals surface area (Å²) < 4.78 is 0. The van der Waals surface area contributed by atoms with Gasteiger partial charge in [0.25, 0.3) is 0 Å². The van der Waals surface area contributed by atoms with E-state index in [9.17, 15) is 15.2 Å². The molecule has 0 saturated heterocycles. The first-order chi connectivity index (χ1) is 11.3. The van der Waals surface area contributed by atoms with Gasteiger partial charge in [-0.1, -0.05) is 26.7 Å². The van der Waals surface area contributed by atoms with Crippen molar-refractivity contribution in [1.82, 2.24) is 4.90 Å². The lowest BCUT2D eigenvalue weighted by Crippen LogP contribution is -2.58. The van der Waals surface area contributed by atoms with Crippen molar-refractivity contribution in [2.45, 2.75) is 71.4 Å². The van der Waals surface area contributed by atoms with E-state index in [1.807, 2.05) is 13.8 Å². The van der Waals surface area contributed by atoms with Crippen molar-refractivity contribution in [2.24, 2.45) is 28.9 Å². The van der Waals surface area contributed by atoms with Crippen LogP contribution in [0.4, 0.5) is 0 Å². The van der Waals surface area contributed by atoms with Crippen molar-refractivity contribution >= 4 is 5.91 Å². The first kappa shape index (κ1) is 19.2. The van der Waals surface area contributed by atoms with Crippen LogP contribution in [0.1, 0.15) is 59.3 Å². The Bertz CT molecular complexity index is 487. The highest BCUT2D eigenvalue weighted by molar-refractivity contribution is 5.83. The largest absolute Gasteiger partial charge is 0.396 e. The van der Waals surface area contributed by atoms with Crippen LogP contribution < -0.4 is 5.73 Å². The zero-order valence-electron chi connectivity index (χ0n) is 15.4. The van der Waals surface area contributed by atoms with Crippen LogP contribution in [0.2, 0.25) is 0 Å². The molecule has 0 heterocycles. The van der Waals surface area contributed by atoms with E-state index >= 15 is 0 Å². The summed E-state index contributed by atoms with van der Waals surface area (Å²) in [5.41, 5.74) is 6.34. The lowest BCUT2D eigenvalue weighted by atomic mass is 9.56. The molecule has 0 radical (unpaired) electrons. The second kappa shape index (κ2) is 7.84. The number of rotatable bonds is 6. The van der Waals surface area contributed by atoms with Crippen molar-refractivity contribution in [3.05, 3.63) is 0 Å². The molecule has 2 saturated carbocycles. The Kier molecular flexibility index (Phi) is 6.28. The number of amides is 1. The maximum absolute atomic E-state index is 13.2. The maximum Gasteiger partial charge on any atom is 0.241 e. The van der Waals surface area contributed by atoms with E-state index < -0.39 is 12.1 Å². The molecule has 0 aromatic carbocycles. The molecular weight excluding hydrogens is 302 g/mol. The van der Waals surface area contributed by atoms with Gasteiger partial charge in [-0.15, -0.1) is 0 Å². The summed E-state index contributed by atoms with van der Waals surface area (Å²) >= 11 is 0. The van der Waals surface area contributed by atoms with E-state index in [4.69, 9.17) is 5.73 Å². The van der Waals surface area contributed by atoms with Gasteiger partial charge in [0.2, 0.25) is 5.91 Å². The zero-order valence-corrected chi connectivity index (χ0v) is 15.4. The fourth-order valence-electron chi connectivity index (χ4n) is 4.93. The van der Waals surface area contributed by atoms with Crippen LogP contribution in [0, 0.1) is 34.5 Å². The summed E-state index contributed by atoms with van der Waals surface area (Å²) in [5.74, 6) is 1.05. The van der Waals surface area contributed by atoms with Crippen molar-refractivity contribution in [3.63, 3.8) is 0 Å². The van der Waals surface area contributed by atoms with Crippen molar-refractivity contribution in [3.8, 4) is 6.07 Å². The molecule has 2 aliphatic rings. The molecule has 24 heavy (non-hydrogen) atoms. The molecule has 0 aromatic rings. The molecule has 2 fully saturated rings. The molecule has 5 atom stereocenters. The number of aliphatic hydroxyl groups excluding tert-OH is 1. The quantitative estimate of drug-likeness (QED) is 0.779. The normalized spacial score (nSPS) is 32.0.